The van der Waals surface area contributed by atoms with Crippen LogP contribution in [0.2, 0.25) is 0 Å². The van der Waals surface area contributed by atoms with E-state index in [1.165, 1.54) is 10.4 Å². The fourth-order valence-corrected chi connectivity index (χ4v) is 5.82. The number of rotatable bonds is 4. The van der Waals surface area contributed by atoms with Crippen molar-refractivity contribution in [2.75, 3.05) is 39.8 Å². The summed E-state index contributed by atoms with van der Waals surface area (Å²) in [5, 5.41) is 0. The van der Waals surface area contributed by atoms with Crippen LogP contribution in [-0.2, 0) is 17.1 Å². The summed E-state index contributed by atoms with van der Waals surface area (Å²) in [7, 11) is 0.251. The van der Waals surface area contributed by atoms with E-state index >= 15 is 0 Å². The van der Waals surface area contributed by atoms with Gasteiger partial charge >= 0.3 is 0 Å². The van der Waals surface area contributed by atoms with Crippen LogP contribution in [0.1, 0.15) is 34.9 Å². The topological polar surface area (TPSA) is 65.9 Å². The molecular formula is C21H28N4O3S. The maximum atomic E-state index is 13.5. The number of sulfonamides is 1. The number of aromatic nitrogens is 1. The minimum absolute atomic E-state index is 0.0593. The van der Waals surface area contributed by atoms with Crippen LogP contribution >= 0.6 is 0 Å². The molecule has 156 valence electrons. The van der Waals surface area contributed by atoms with Gasteiger partial charge < -0.3 is 14.4 Å². The lowest BCUT2D eigenvalue weighted by molar-refractivity contribution is 0.0488. The van der Waals surface area contributed by atoms with Crippen LogP contribution < -0.4 is 0 Å². The molecule has 3 heterocycles. The Kier molecular flexibility index (Phi) is 5.50. The molecule has 0 N–H and O–H groups in total. The van der Waals surface area contributed by atoms with Gasteiger partial charge in [0.25, 0.3) is 5.91 Å². The van der Waals surface area contributed by atoms with Gasteiger partial charge in [0.2, 0.25) is 10.0 Å². The number of amides is 1. The number of likely N-dealkylation sites (N-methyl/N-ethyl adjacent to an activating group) is 1. The van der Waals surface area contributed by atoms with E-state index in [9.17, 15) is 13.2 Å². The third-order valence-electron chi connectivity index (χ3n) is 5.93. The molecule has 0 aliphatic carbocycles. The van der Waals surface area contributed by atoms with Crippen molar-refractivity contribution in [3.05, 3.63) is 53.9 Å². The Morgan fingerprint density at radius 2 is 1.69 bits per heavy atom. The van der Waals surface area contributed by atoms with E-state index < -0.39 is 10.0 Å². The smallest absolute Gasteiger partial charge is 0.271 e. The summed E-state index contributed by atoms with van der Waals surface area (Å²) in [5.41, 5.74) is 1.50. The average molecular weight is 417 g/mol. The second-order valence-electron chi connectivity index (χ2n) is 7.97. The molecule has 1 amide bonds. The second kappa shape index (κ2) is 7.93. The van der Waals surface area contributed by atoms with Crippen LogP contribution in [0.5, 0.6) is 0 Å². The quantitative estimate of drug-likeness (QED) is 0.764. The van der Waals surface area contributed by atoms with Gasteiger partial charge in [-0.3, -0.25) is 4.79 Å². The number of benzene rings is 1. The van der Waals surface area contributed by atoms with E-state index in [0.29, 0.717) is 25.3 Å². The Morgan fingerprint density at radius 3 is 2.38 bits per heavy atom. The summed E-state index contributed by atoms with van der Waals surface area (Å²) in [6.07, 6.45) is 3.34. The average Bonchev–Trinajstić information content (AvgIpc) is 3.39. The number of piperazine rings is 1. The summed E-state index contributed by atoms with van der Waals surface area (Å²) in [6.45, 7) is 3.25. The number of carbonyl (C=O) groups excluding carboxylic acids is 1. The molecule has 2 aliphatic heterocycles. The van der Waals surface area contributed by atoms with Crippen LogP contribution in [0, 0.1) is 0 Å². The molecule has 2 aromatic rings. The number of hydrogen-bond acceptors (Lipinski definition) is 4. The van der Waals surface area contributed by atoms with Gasteiger partial charge in [-0.25, -0.2) is 8.42 Å². The van der Waals surface area contributed by atoms with Crippen LogP contribution in [0.25, 0.3) is 0 Å². The van der Waals surface area contributed by atoms with Gasteiger partial charge in [-0.15, -0.1) is 0 Å². The Bertz CT molecular complexity index is 981. The van der Waals surface area contributed by atoms with E-state index in [4.69, 9.17) is 0 Å². The minimum atomic E-state index is -3.55. The van der Waals surface area contributed by atoms with Gasteiger partial charge in [0, 0.05) is 46.0 Å². The molecule has 0 saturated carbocycles. The van der Waals surface area contributed by atoms with Crippen LogP contribution in [0.4, 0.5) is 0 Å². The Balaban J connectivity index is 1.64. The van der Waals surface area contributed by atoms with Crippen molar-refractivity contribution in [3.8, 4) is 0 Å². The van der Waals surface area contributed by atoms with E-state index in [1.54, 1.807) is 17.8 Å². The highest BCUT2D eigenvalue weighted by molar-refractivity contribution is 7.89. The predicted molar refractivity (Wildman–Crippen MR) is 111 cm³/mol. The lowest BCUT2D eigenvalue weighted by Gasteiger charge is -2.40. The monoisotopic (exact) mass is 416 g/mol. The molecule has 8 heteroatoms. The number of hydrogen-bond donors (Lipinski definition) is 0. The molecule has 0 bridgehead atoms. The normalized spacial score (nSPS) is 21.6. The van der Waals surface area contributed by atoms with E-state index in [2.05, 4.69) is 11.9 Å². The molecule has 7 nitrogen and oxygen atoms in total. The van der Waals surface area contributed by atoms with Crippen molar-refractivity contribution >= 4 is 15.9 Å². The van der Waals surface area contributed by atoms with Crippen molar-refractivity contribution in [1.82, 2.24) is 18.7 Å². The third kappa shape index (κ3) is 3.84. The molecule has 29 heavy (non-hydrogen) atoms. The summed E-state index contributed by atoms with van der Waals surface area (Å²) >= 11 is 0. The molecule has 1 unspecified atom stereocenters. The highest BCUT2D eigenvalue weighted by Gasteiger charge is 2.34. The Labute approximate surface area is 172 Å². The molecule has 0 radical (unpaired) electrons. The SMILES string of the molecule is CN1CCN(C(=O)c2cc(S(=O)(=O)N3CCCC3)cn2C)C(c2ccccc2)C1. The fraction of sp³-hybridized carbons (Fsp3) is 0.476. The van der Waals surface area contributed by atoms with Gasteiger partial charge in [-0.1, -0.05) is 30.3 Å². The summed E-state index contributed by atoms with van der Waals surface area (Å²) in [4.78, 5) is 17.7. The van der Waals surface area contributed by atoms with E-state index in [1.807, 2.05) is 35.2 Å². The highest BCUT2D eigenvalue weighted by atomic mass is 32.2. The molecule has 1 aromatic heterocycles. The lowest BCUT2D eigenvalue weighted by Crippen LogP contribution is -2.49. The first-order chi connectivity index (χ1) is 13.9. The zero-order chi connectivity index (χ0) is 20.6. The van der Waals surface area contributed by atoms with Gasteiger partial charge in [-0.2, -0.15) is 4.31 Å². The van der Waals surface area contributed by atoms with Gasteiger partial charge in [-0.05, 0) is 31.5 Å². The molecule has 2 saturated heterocycles. The van der Waals surface area contributed by atoms with Crippen molar-refractivity contribution in [3.63, 3.8) is 0 Å². The largest absolute Gasteiger partial charge is 0.345 e. The molecule has 4 rings (SSSR count). The Hall–Kier alpha value is -2.16. The minimum Gasteiger partial charge on any atom is -0.345 e. The fourth-order valence-electron chi connectivity index (χ4n) is 4.24. The molecule has 2 fully saturated rings. The van der Waals surface area contributed by atoms with Crippen molar-refractivity contribution in [2.45, 2.75) is 23.8 Å². The van der Waals surface area contributed by atoms with Gasteiger partial charge in [0.05, 0.1) is 6.04 Å². The summed E-state index contributed by atoms with van der Waals surface area (Å²) in [5.74, 6) is -0.127. The van der Waals surface area contributed by atoms with E-state index in [0.717, 1.165) is 31.5 Å². The van der Waals surface area contributed by atoms with Crippen molar-refractivity contribution in [1.29, 1.82) is 0 Å². The van der Waals surface area contributed by atoms with Gasteiger partial charge in [0.1, 0.15) is 10.6 Å². The van der Waals surface area contributed by atoms with Crippen LogP contribution in [0.3, 0.4) is 0 Å². The molecule has 2 aliphatic rings. The summed E-state index contributed by atoms with van der Waals surface area (Å²) in [6, 6.07) is 11.5. The third-order valence-corrected chi connectivity index (χ3v) is 7.79. The van der Waals surface area contributed by atoms with Crippen LogP contribution in [-0.4, -0.2) is 72.8 Å². The first-order valence-corrected chi connectivity index (χ1v) is 11.5. The maximum absolute atomic E-state index is 13.5. The van der Waals surface area contributed by atoms with Crippen molar-refractivity contribution in [2.24, 2.45) is 7.05 Å². The highest BCUT2D eigenvalue weighted by Crippen LogP contribution is 2.28. The number of aryl methyl sites for hydroxylation is 1. The Morgan fingerprint density at radius 1 is 1.00 bits per heavy atom. The molecule has 0 spiro atoms. The van der Waals surface area contributed by atoms with Gasteiger partial charge in [0.15, 0.2) is 0 Å². The van der Waals surface area contributed by atoms with Crippen molar-refractivity contribution < 1.29 is 13.2 Å². The molecule has 1 aromatic carbocycles. The van der Waals surface area contributed by atoms with Crippen LogP contribution in [0.15, 0.2) is 47.5 Å². The first-order valence-electron chi connectivity index (χ1n) is 10.1. The summed E-state index contributed by atoms with van der Waals surface area (Å²) < 4.78 is 29.0. The molecular weight excluding hydrogens is 388 g/mol. The number of nitrogens with zero attached hydrogens (tertiary/aromatic N) is 4. The zero-order valence-corrected chi connectivity index (χ0v) is 17.8. The molecule has 1 atom stereocenters. The zero-order valence-electron chi connectivity index (χ0n) is 17.0. The standard InChI is InChI=1S/C21H28N4O3S/c1-22-12-13-25(20(16-22)17-8-4-3-5-9-17)21(26)19-14-18(15-23(19)2)29(27,28)24-10-6-7-11-24/h3-5,8-9,14-15,20H,6-7,10-13,16H2,1-2H3. The second-order valence-corrected chi connectivity index (χ2v) is 9.91. The maximum Gasteiger partial charge on any atom is 0.271 e. The lowest BCUT2D eigenvalue weighted by atomic mass is 10.0. The number of carbonyl (C=O) groups is 1. The van der Waals surface area contributed by atoms with E-state index in [-0.39, 0.29) is 16.8 Å². The first kappa shape index (κ1) is 20.1. The predicted octanol–water partition coefficient (Wildman–Crippen LogP) is 1.94.